The Hall–Kier alpha value is -2.45. The van der Waals surface area contributed by atoms with Gasteiger partial charge in [-0.25, -0.2) is 9.78 Å². The van der Waals surface area contributed by atoms with Crippen LogP contribution in [0.15, 0.2) is 40.4 Å². The second-order valence-corrected chi connectivity index (χ2v) is 7.35. The summed E-state index contributed by atoms with van der Waals surface area (Å²) in [6.07, 6.45) is 3.45. The lowest BCUT2D eigenvalue weighted by molar-refractivity contribution is 0.184. The number of urea groups is 1. The Bertz CT molecular complexity index is 881. The van der Waals surface area contributed by atoms with Gasteiger partial charge in [-0.2, -0.15) is 4.98 Å². The molecule has 1 aromatic carbocycles. The van der Waals surface area contributed by atoms with Crippen molar-refractivity contribution in [1.29, 1.82) is 0 Å². The van der Waals surface area contributed by atoms with E-state index in [0.29, 0.717) is 35.0 Å². The monoisotopic (exact) mass is 389 g/mol. The van der Waals surface area contributed by atoms with E-state index in [-0.39, 0.29) is 11.9 Å². The summed E-state index contributed by atoms with van der Waals surface area (Å²) in [7, 11) is 0. The lowest BCUT2D eigenvalue weighted by Gasteiger charge is -2.30. The lowest BCUT2D eigenvalue weighted by atomic mass is 9.98. The Morgan fingerprint density at radius 2 is 2.19 bits per heavy atom. The van der Waals surface area contributed by atoms with Crippen molar-refractivity contribution in [1.82, 2.24) is 20.0 Å². The lowest BCUT2D eigenvalue weighted by Crippen LogP contribution is -2.41. The van der Waals surface area contributed by atoms with Crippen LogP contribution in [0.1, 0.15) is 24.7 Å². The molecule has 9 heteroatoms. The van der Waals surface area contributed by atoms with Crippen LogP contribution in [-0.2, 0) is 0 Å². The molecule has 7 nitrogen and oxygen atoms in total. The normalized spacial score (nSPS) is 17.3. The Morgan fingerprint density at radius 1 is 1.35 bits per heavy atom. The number of halogens is 1. The molecule has 4 rings (SSSR count). The minimum Gasteiger partial charge on any atom is -0.339 e. The number of rotatable bonds is 3. The summed E-state index contributed by atoms with van der Waals surface area (Å²) in [4.78, 5) is 22.8. The van der Waals surface area contributed by atoms with Crippen molar-refractivity contribution in [3.05, 3.63) is 46.8 Å². The highest BCUT2D eigenvalue weighted by atomic mass is 35.5. The highest BCUT2D eigenvalue weighted by molar-refractivity contribution is 7.13. The molecule has 0 saturated carbocycles. The van der Waals surface area contributed by atoms with Crippen LogP contribution in [-0.4, -0.2) is 39.1 Å². The van der Waals surface area contributed by atoms with E-state index in [9.17, 15) is 4.79 Å². The fraction of sp³-hybridized carbons (Fsp3) is 0.294. The Labute approximate surface area is 159 Å². The van der Waals surface area contributed by atoms with Gasteiger partial charge in [0.05, 0.1) is 5.92 Å². The van der Waals surface area contributed by atoms with Crippen LogP contribution in [0.3, 0.4) is 0 Å². The van der Waals surface area contributed by atoms with E-state index in [1.165, 1.54) is 11.3 Å². The first kappa shape index (κ1) is 17.0. The molecule has 1 aliphatic heterocycles. The van der Waals surface area contributed by atoms with Crippen LogP contribution in [0.5, 0.6) is 0 Å². The van der Waals surface area contributed by atoms with E-state index in [0.717, 1.165) is 18.4 Å². The van der Waals surface area contributed by atoms with E-state index in [1.807, 2.05) is 17.5 Å². The molecule has 0 spiro atoms. The molecule has 1 fully saturated rings. The molecule has 1 saturated heterocycles. The summed E-state index contributed by atoms with van der Waals surface area (Å²) in [5.74, 6) is 1.11. The zero-order valence-electron chi connectivity index (χ0n) is 13.8. The maximum atomic E-state index is 12.4. The number of benzene rings is 1. The number of nitrogens with one attached hydrogen (secondary N) is 1. The number of thiazole rings is 1. The summed E-state index contributed by atoms with van der Waals surface area (Å²) in [6, 6.07) is 7.13. The molecule has 0 aliphatic carbocycles. The Morgan fingerprint density at radius 3 is 2.96 bits per heavy atom. The molecule has 1 aliphatic rings. The molecular formula is C17H16ClN5O2S. The maximum Gasteiger partial charge on any atom is 0.323 e. The molecule has 0 bridgehead atoms. The summed E-state index contributed by atoms with van der Waals surface area (Å²) < 4.78 is 5.46. The molecule has 3 heterocycles. The molecule has 3 aromatic rings. The summed E-state index contributed by atoms with van der Waals surface area (Å²) in [5, 5.41) is 9.96. The fourth-order valence-corrected chi connectivity index (χ4v) is 3.58. The smallest absolute Gasteiger partial charge is 0.323 e. The first-order chi connectivity index (χ1) is 12.7. The molecule has 1 N–H and O–H groups in total. The minimum atomic E-state index is -0.151. The van der Waals surface area contributed by atoms with Gasteiger partial charge in [0, 0.05) is 35.3 Å². The highest BCUT2D eigenvalue weighted by Crippen LogP contribution is 2.28. The van der Waals surface area contributed by atoms with Crippen molar-refractivity contribution in [2.75, 3.05) is 18.4 Å². The zero-order valence-corrected chi connectivity index (χ0v) is 15.3. The highest BCUT2D eigenvalue weighted by Gasteiger charge is 2.29. The number of piperidine rings is 1. The Kier molecular flexibility index (Phi) is 4.85. The van der Waals surface area contributed by atoms with E-state index < -0.39 is 0 Å². The number of anilines is 1. The van der Waals surface area contributed by atoms with Gasteiger partial charge in [-0.15, -0.1) is 11.3 Å². The van der Waals surface area contributed by atoms with E-state index in [4.69, 9.17) is 16.1 Å². The number of hydrogen-bond acceptors (Lipinski definition) is 6. The third-order valence-electron chi connectivity index (χ3n) is 4.25. The predicted octanol–water partition coefficient (Wildman–Crippen LogP) is 4.26. The second-order valence-electron chi connectivity index (χ2n) is 6.02. The number of carbonyl (C=O) groups excluding carboxylic acids is 1. The van der Waals surface area contributed by atoms with Crippen molar-refractivity contribution in [2.45, 2.75) is 18.8 Å². The van der Waals surface area contributed by atoms with Gasteiger partial charge in [-0.05, 0) is 37.1 Å². The number of amides is 2. The second kappa shape index (κ2) is 7.43. The van der Waals surface area contributed by atoms with E-state index >= 15 is 0 Å². The predicted molar refractivity (Wildman–Crippen MR) is 99.4 cm³/mol. The first-order valence-corrected chi connectivity index (χ1v) is 9.50. The van der Waals surface area contributed by atoms with Crippen LogP contribution in [0.2, 0.25) is 5.02 Å². The standard InChI is InChI=1S/C17H16ClN5O2S/c18-13-5-3-11(4-6-13)14-20-15(25-22-14)12-2-1-8-23(10-12)17(24)21-16-19-7-9-26-16/h3-7,9,12H,1-2,8,10H2,(H,19,21,24). The van der Waals surface area contributed by atoms with Gasteiger partial charge in [0.25, 0.3) is 0 Å². The molecule has 1 atom stereocenters. The van der Waals surface area contributed by atoms with Gasteiger partial charge < -0.3 is 9.42 Å². The quantitative estimate of drug-likeness (QED) is 0.723. The minimum absolute atomic E-state index is 0.0272. The van der Waals surface area contributed by atoms with Crippen molar-refractivity contribution in [3.8, 4) is 11.4 Å². The SMILES string of the molecule is O=C(Nc1nccs1)N1CCCC(c2nc(-c3ccc(Cl)cc3)no2)C1. The van der Waals surface area contributed by atoms with Gasteiger partial charge in [0.1, 0.15) is 0 Å². The molecule has 134 valence electrons. The van der Waals surface area contributed by atoms with Gasteiger partial charge >= 0.3 is 6.03 Å². The number of nitrogens with zero attached hydrogens (tertiary/aromatic N) is 4. The number of aromatic nitrogens is 3. The van der Waals surface area contributed by atoms with Gasteiger partial charge in [0.2, 0.25) is 11.7 Å². The number of carbonyl (C=O) groups is 1. The third-order valence-corrected chi connectivity index (χ3v) is 5.19. The van der Waals surface area contributed by atoms with Gasteiger partial charge in [0.15, 0.2) is 5.13 Å². The molecule has 2 aromatic heterocycles. The number of likely N-dealkylation sites (tertiary alicyclic amines) is 1. The van der Waals surface area contributed by atoms with Crippen LogP contribution >= 0.6 is 22.9 Å². The topological polar surface area (TPSA) is 84.2 Å². The Balaban J connectivity index is 1.44. The van der Waals surface area contributed by atoms with Gasteiger partial charge in [-0.1, -0.05) is 16.8 Å². The van der Waals surface area contributed by atoms with Crippen molar-refractivity contribution in [2.24, 2.45) is 0 Å². The molecule has 0 radical (unpaired) electrons. The third kappa shape index (κ3) is 3.71. The van der Waals surface area contributed by atoms with Crippen LogP contribution in [0.4, 0.5) is 9.93 Å². The first-order valence-electron chi connectivity index (χ1n) is 8.24. The summed E-state index contributed by atoms with van der Waals surface area (Å²) in [5.41, 5.74) is 0.846. The summed E-state index contributed by atoms with van der Waals surface area (Å²) >= 11 is 7.31. The molecule has 2 amide bonds. The molecule has 26 heavy (non-hydrogen) atoms. The van der Waals surface area contributed by atoms with Crippen LogP contribution in [0, 0.1) is 0 Å². The fourth-order valence-electron chi connectivity index (χ4n) is 2.94. The van der Waals surface area contributed by atoms with Crippen LogP contribution < -0.4 is 5.32 Å². The maximum absolute atomic E-state index is 12.4. The average Bonchev–Trinajstić information content (AvgIpc) is 3.34. The van der Waals surface area contributed by atoms with E-state index in [1.54, 1.807) is 23.2 Å². The van der Waals surface area contributed by atoms with Crippen LogP contribution in [0.25, 0.3) is 11.4 Å². The van der Waals surface area contributed by atoms with Crippen molar-refractivity contribution in [3.63, 3.8) is 0 Å². The largest absolute Gasteiger partial charge is 0.339 e. The van der Waals surface area contributed by atoms with Gasteiger partial charge in [-0.3, -0.25) is 5.32 Å². The average molecular weight is 390 g/mol. The zero-order chi connectivity index (χ0) is 17.9. The van der Waals surface area contributed by atoms with Crippen molar-refractivity contribution >= 4 is 34.1 Å². The molecule has 1 unspecified atom stereocenters. The molecular weight excluding hydrogens is 374 g/mol. The summed E-state index contributed by atoms with van der Waals surface area (Å²) in [6.45, 7) is 1.24. The number of hydrogen-bond donors (Lipinski definition) is 1. The van der Waals surface area contributed by atoms with E-state index in [2.05, 4.69) is 20.4 Å². The van der Waals surface area contributed by atoms with Crippen molar-refractivity contribution < 1.29 is 9.32 Å².